The number of methoxy groups -OCH3 is 2. The van der Waals surface area contributed by atoms with Gasteiger partial charge in [0.15, 0.2) is 11.5 Å². The highest BCUT2D eigenvalue weighted by Crippen LogP contribution is 2.33. The van der Waals surface area contributed by atoms with E-state index in [1.165, 1.54) is 37.3 Å². The van der Waals surface area contributed by atoms with Crippen LogP contribution in [0.5, 0.6) is 17.2 Å². The molecule has 0 aliphatic rings. The number of sulfonamides is 1. The van der Waals surface area contributed by atoms with Gasteiger partial charge in [-0.15, -0.1) is 0 Å². The lowest BCUT2D eigenvalue weighted by molar-refractivity contribution is -0.140. The van der Waals surface area contributed by atoms with Gasteiger partial charge in [0.2, 0.25) is 11.8 Å². The molecule has 0 spiro atoms. The lowest BCUT2D eigenvalue weighted by Gasteiger charge is -2.34. The number of ether oxygens (including phenoxy) is 3. The Morgan fingerprint density at radius 2 is 1.40 bits per heavy atom. The Morgan fingerprint density at radius 3 is 1.96 bits per heavy atom. The SMILES string of the molecule is CCOc1ccc(N(CC(=O)N(Cc2ccccc2)[C@H](Cc2ccccc2)C(=O)NC(C)C)S(=O)(=O)c2ccc(OC)c(OC)c2)cc1. The average molecular weight is 674 g/mol. The van der Waals surface area contributed by atoms with Crippen molar-refractivity contribution in [3.63, 3.8) is 0 Å². The van der Waals surface area contributed by atoms with Crippen LogP contribution < -0.4 is 23.8 Å². The number of hydrogen-bond donors (Lipinski definition) is 1. The number of carbonyl (C=O) groups excluding carboxylic acids is 2. The number of nitrogens with zero attached hydrogens (tertiary/aromatic N) is 2. The summed E-state index contributed by atoms with van der Waals surface area (Å²) < 4.78 is 46.2. The van der Waals surface area contributed by atoms with Crippen LogP contribution in [-0.2, 0) is 32.6 Å². The first kappa shape index (κ1) is 35.8. The Balaban J connectivity index is 1.82. The molecular weight excluding hydrogens is 630 g/mol. The molecule has 0 fully saturated rings. The minimum Gasteiger partial charge on any atom is -0.494 e. The molecule has 0 bridgehead atoms. The second-order valence-electron chi connectivity index (χ2n) is 11.3. The fraction of sp³-hybridized carbons (Fsp3) is 0.297. The summed E-state index contributed by atoms with van der Waals surface area (Å²) in [6.07, 6.45) is 0.226. The maximum atomic E-state index is 14.6. The van der Waals surface area contributed by atoms with Crippen LogP contribution in [0.1, 0.15) is 31.9 Å². The molecule has 0 saturated heterocycles. The molecule has 10 nitrogen and oxygen atoms in total. The van der Waals surface area contributed by atoms with E-state index >= 15 is 0 Å². The molecule has 11 heteroatoms. The van der Waals surface area contributed by atoms with Crippen LogP contribution in [0.4, 0.5) is 5.69 Å². The van der Waals surface area contributed by atoms with Gasteiger partial charge in [0, 0.05) is 25.1 Å². The third-order valence-corrected chi connectivity index (χ3v) is 9.33. The molecule has 1 N–H and O–H groups in total. The van der Waals surface area contributed by atoms with E-state index in [0.29, 0.717) is 18.1 Å². The number of hydrogen-bond acceptors (Lipinski definition) is 7. The van der Waals surface area contributed by atoms with Crippen molar-refractivity contribution in [2.75, 3.05) is 31.7 Å². The van der Waals surface area contributed by atoms with Crippen molar-refractivity contribution in [1.29, 1.82) is 0 Å². The topological polar surface area (TPSA) is 114 Å². The largest absolute Gasteiger partial charge is 0.494 e. The maximum absolute atomic E-state index is 14.6. The zero-order valence-corrected chi connectivity index (χ0v) is 28.8. The van der Waals surface area contributed by atoms with Gasteiger partial charge in [-0.25, -0.2) is 8.42 Å². The molecule has 0 saturated carbocycles. The summed E-state index contributed by atoms with van der Waals surface area (Å²) in [7, 11) is -1.48. The van der Waals surface area contributed by atoms with Gasteiger partial charge in [-0.3, -0.25) is 13.9 Å². The highest BCUT2D eigenvalue weighted by atomic mass is 32.2. The van der Waals surface area contributed by atoms with Gasteiger partial charge >= 0.3 is 0 Å². The minimum absolute atomic E-state index is 0.0796. The molecule has 0 aliphatic heterocycles. The van der Waals surface area contributed by atoms with E-state index in [2.05, 4.69) is 5.32 Å². The highest BCUT2D eigenvalue weighted by Gasteiger charge is 2.35. The first-order chi connectivity index (χ1) is 23.1. The average Bonchev–Trinajstić information content (AvgIpc) is 3.09. The van der Waals surface area contributed by atoms with Gasteiger partial charge in [0.1, 0.15) is 18.3 Å². The van der Waals surface area contributed by atoms with Crippen molar-refractivity contribution in [2.45, 2.75) is 50.7 Å². The molecular formula is C37H43N3O7S. The van der Waals surface area contributed by atoms with Crippen molar-refractivity contribution >= 4 is 27.5 Å². The Hall–Kier alpha value is -5.03. The van der Waals surface area contributed by atoms with E-state index in [1.807, 2.05) is 81.4 Å². The highest BCUT2D eigenvalue weighted by molar-refractivity contribution is 7.92. The van der Waals surface area contributed by atoms with Crippen LogP contribution >= 0.6 is 0 Å². The Labute approximate surface area is 283 Å². The molecule has 48 heavy (non-hydrogen) atoms. The van der Waals surface area contributed by atoms with E-state index in [1.54, 1.807) is 24.3 Å². The summed E-state index contributed by atoms with van der Waals surface area (Å²) in [5, 5.41) is 2.96. The van der Waals surface area contributed by atoms with E-state index < -0.39 is 28.5 Å². The lowest BCUT2D eigenvalue weighted by atomic mass is 10.0. The standard InChI is InChI=1S/C37H43N3O7S/c1-6-47-31-19-17-30(18-20-31)40(48(43,44)32-21-22-34(45-4)35(24-32)46-5)26-36(41)39(25-29-15-11-8-12-16-29)33(37(42)38-27(2)3)23-28-13-9-7-10-14-28/h7-22,24,27,33H,6,23,25-26H2,1-5H3,(H,38,42)/t33-/m1/s1. The fourth-order valence-electron chi connectivity index (χ4n) is 5.22. The zero-order chi connectivity index (χ0) is 34.7. The van der Waals surface area contributed by atoms with Crippen LogP contribution in [0.3, 0.4) is 0 Å². The molecule has 1 atom stereocenters. The van der Waals surface area contributed by atoms with Crippen molar-refractivity contribution in [2.24, 2.45) is 0 Å². The van der Waals surface area contributed by atoms with E-state index in [9.17, 15) is 18.0 Å². The van der Waals surface area contributed by atoms with Crippen LogP contribution in [0, 0.1) is 0 Å². The summed E-state index contributed by atoms with van der Waals surface area (Å²) in [5.74, 6) is 0.227. The van der Waals surface area contributed by atoms with E-state index in [0.717, 1.165) is 15.4 Å². The number of rotatable bonds is 16. The molecule has 4 aromatic carbocycles. The quantitative estimate of drug-likeness (QED) is 0.168. The summed E-state index contributed by atoms with van der Waals surface area (Å²) >= 11 is 0. The summed E-state index contributed by atoms with van der Waals surface area (Å²) in [4.78, 5) is 29.8. The third-order valence-electron chi connectivity index (χ3n) is 7.56. The van der Waals surface area contributed by atoms with E-state index in [4.69, 9.17) is 14.2 Å². The molecule has 4 rings (SSSR count). The van der Waals surface area contributed by atoms with Crippen LogP contribution in [0.15, 0.2) is 108 Å². The lowest BCUT2D eigenvalue weighted by Crippen LogP contribution is -2.54. The molecule has 0 heterocycles. The first-order valence-corrected chi connectivity index (χ1v) is 17.2. The number of amides is 2. The van der Waals surface area contributed by atoms with Gasteiger partial charge in [0.25, 0.3) is 10.0 Å². The predicted molar refractivity (Wildman–Crippen MR) is 186 cm³/mol. The Morgan fingerprint density at radius 1 is 0.792 bits per heavy atom. The second-order valence-corrected chi connectivity index (χ2v) is 13.2. The monoisotopic (exact) mass is 673 g/mol. The second kappa shape index (κ2) is 16.7. The summed E-state index contributed by atoms with van der Waals surface area (Å²) in [5.41, 5.74) is 1.89. The van der Waals surface area contributed by atoms with Crippen molar-refractivity contribution in [1.82, 2.24) is 10.2 Å². The minimum atomic E-state index is -4.35. The molecule has 254 valence electrons. The van der Waals surface area contributed by atoms with Crippen molar-refractivity contribution in [3.05, 3.63) is 114 Å². The van der Waals surface area contributed by atoms with E-state index in [-0.39, 0.29) is 41.2 Å². The van der Waals surface area contributed by atoms with Gasteiger partial charge in [0.05, 0.1) is 31.4 Å². The number of benzene rings is 4. The molecule has 0 aromatic heterocycles. The smallest absolute Gasteiger partial charge is 0.264 e. The Kier molecular flexibility index (Phi) is 12.5. The third kappa shape index (κ3) is 9.07. The maximum Gasteiger partial charge on any atom is 0.264 e. The summed E-state index contributed by atoms with van der Waals surface area (Å²) in [6, 6.07) is 28.3. The van der Waals surface area contributed by atoms with Gasteiger partial charge in [-0.2, -0.15) is 0 Å². The first-order valence-electron chi connectivity index (χ1n) is 15.7. The molecule has 0 radical (unpaired) electrons. The van der Waals surface area contributed by atoms with Crippen molar-refractivity contribution < 1.29 is 32.2 Å². The number of carbonyl (C=O) groups is 2. The number of anilines is 1. The van der Waals surface area contributed by atoms with Gasteiger partial charge in [-0.05, 0) is 68.3 Å². The van der Waals surface area contributed by atoms with Gasteiger partial charge in [-0.1, -0.05) is 60.7 Å². The molecule has 0 aliphatic carbocycles. The molecule has 0 unspecified atom stereocenters. The van der Waals surface area contributed by atoms with Crippen molar-refractivity contribution in [3.8, 4) is 17.2 Å². The predicted octanol–water partition coefficient (Wildman–Crippen LogP) is 5.46. The number of nitrogens with one attached hydrogen (secondary N) is 1. The van der Waals surface area contributed by atoms with Crippen LogP contribution in [0.2, 0.25) is 0 Å². The molecule has 4 aromatic rings. The summed E-state index contributed by atoms with van der Waals surface area (Å²) in [6.45, 7) is 5.48. The van der Waals surface area contributed by atoms with Gasteiger partial charge < -0.3 is 24.4 Å². The van der Waals surface area contributed by atoms with Crippen LogP contribution in [0.25, 0.3) is 0 Å². The fourth-order valence-corrected chi connectivity index (χ4v) is 6.65. The van der Waals surface area contributed by atoms with Crippen LogP contribution in [-0.4, -0.2) is 64.6 Å². The Bertz CT molecular complexity index is 1750. The zero-order valence-electron chi connectivity index (χ0n) is 28.0. The molecule has 2 amide bonds. The normalized spacial score (nSPS) is 11.8.